The van der Waals surface area contributed by atoms with Gasteiger partial charge in [0.05, 0.1) is 0 Å². The van der Waals surface area contributed by atoms with Crippen LogP contribution < -0.4 is 0 Å². The molecule has 0 aliphatic rings. The second-order valence-electron chi connectivity index (χ2n) is 1.42. The largest absolute Gasteiger partial charge is 0.476 e. The minimum atomic E-state index is -5.67. The van der Waals surface area contributed by atoms with Crippen molar-refractivity contribution in [3.63, 3.8) is 0 Å². The van der Waals surface area contributed by atoms with Crippen molar-refractivity contribution < 1.29 is 51.3 Å². The van der Waals surface area contributed by atoms with Crippen molar-refractivity contribution >= 4 is 29.5 Å². The maximum atomic E-state index is 10.3. The van der Waals surface area contributed by atoms with E-state index in [9.17, 15) is 42.9 Å². The van der Waals surface area contributed by atoms with E-state index < -0.39 is 34.9 Å². The summed E-state index contributed by atoms with van der Waals surface area (Å²) >= 11 is 0. The summed E-state index contributed by atoms with van der Waals surface area (Å²) < 4.78 is 119. The summed E-state index contributed by atoms with van der Waals surface area (Å²) in [5.74, 6) is 0. The molecule has 0 aromatic heterocycles. The van der Waals surface area contributed by atoms with Crippen LogP contribution in [0.15, 0.2) is 24.3 Å². The molecular formula is C4F10LiO2S. The van der Waals surface area contributed by atoms with Crippen molar-refractivity contribution in [2.75, 3.05) is 0 Å². The van der Waals surface area contributed by atoms with Crippen molar-refractivity contribution in [3.8, 4) is 0 Å². The van der Waals surface area contributed by atoms with Gasteiger partial charge in [0.15, 0.2) is 0 Å². The van der Waals surface area contributed by atoms with Gasteiger partial charge in [-0.25, -0.2) is 0 Å². The van der Waals surface area contributed by atoms with E-state index in [2.05, 4.69) is 0 Å². The molecule has 0 rings (SSSR count). The second kappa shape index (κ2) is 12.8. The van der Waals surface area contributed by atoms with E-state index in [1.54, 1.807) is 0 Å². The molecule has 0 aliphatic heterocycles. The van der Waals surface area contributed by atoms with Gasteiger partial charge in [-0.3, -0.25) is 0 Å². The molecule has 0 spiro atoms. The molecular weight excluding hydrogens is 309 g/mol. The van der Waals surface area contributed by atoms with Crippen LogP contribution in [-0.2, 0) is 10.6 Å². The van der Waals surface area contributed by atoms with E-state index in [0.29, 0.717) is 0 Å². The average Bonchev–Trinajstić information content (AvgIpc) is 2.01. The van der Waals surface area contributed by atoms with Gasteiger partial charge < -0.3 is 0 Å². The molecule has 14 heteroatoms. The third-order valence-electron chi connectivity index (χ3n) is 0.286. The predicted molar refractivity (Wildman–Crippen MR) is 39.8 cm³/mol. The molecule has 0 saturated heterocycles. The minimum absolute atomic E-state index is 0. The number of rotatable bonds is 0. The molecule has 0 fully saturated rings. The molecule has 2 nitrogen and oxygen atoms in total. The molecule has 0 heterocycles. The zero-order chi connectivity index (χ0) is 14.8. The van der Waals surface area contributed by atoms with Gasteiger partial charge in [-0.05, 0) is 0 Å². The van der Waals surface area contributed by atoms with Gasteiger partial charge >= 0.3 is 34.9 Å². The fourth-order valence-corrected chi connectivity index (χ4v) is 0. The van der Waals surface area contributed by atoms with Crippen molar-refractivity contribution in [2.24, 2.45) is 0 Å². The minimum Gasteiger partial charge on any atom is -0.167 e. The van der Waals surface area contributed by atoms with E-state index >= 15 is 0 Å². The van der Waals surface area contributed by atoms with E-state index in [0.717, 1.165) is 0 Å². The van der Waals surface area contributed by atoms with Crippen LogP contribution in [0.25, 0.3) is 0 Å². The Bertz CT molecular complexity index is 309. The van der Waals surface area contributed by atoms with Gasteiger partial charge in [0.1, 0.15) is 0 Å². The summed E-state index contributed by atoms with van der Waals surface area (Å²) in [4.78, 5) is 0. The SMILES string of the molecule is FC(F)=C(F)F.FC(F)=C(F)F.O=S(=O)(F)F.[Li]. The summed E-state index contributed by atoms with van der Waals surface area (Å²) in [5.41, 5.74) is 0. The van der Waals surface area contributed by atoms with Crippen molar-refractivity contribution in [3.05, 3.63) is 24.3 Å². The van der Waals surface area contributed by atoms with E-state index in [-0.39, 0.29) is 18.9 Å². The van der Waals surface area contributed by atoms with E-state index in [4.69, 9.17) is 8.42 Å². The molecule has 0 aliphatic carbocycles. The Morgan fingerprint density at radius 1 is 0.556 bits per heavy atom. The molecule has 18 heavy (non-hydrogen) atoms. The molecule has 0 atom stereocenters. The van der Waals surface area contributed by atoms with Crippen LogP contribution in [0.1, 0.15) is 0 Å². The predicted octanol–water partition coefficient (Wildman–Crippen LogP) is 3.77. The van der Waals surface area contributed by atoms with Crippen LogP contribution in [0.2, 0.25) is 0 Å². The molecule has 0 saturated carbocycles. The number of hydrogen-bond acceptors (Lipinski definition) is 2. The Labute approximate surface area is 106 Å². The molecule has 0 aromatic carbocycles. The zero-order valence-corrected chi connectivity index (χ0v) is 8.82. The summed E-state index contributed by atoms with van der Waals surface area (Å²) in [6, 6.07) is 0. The third-order valence-corrected chi connectivity index (χ3v) is 0.286. The topological polar surface area (TPSA) is 34.1 Å². The van der Waals surface area contributed by atoms with Crippen LogP contribution in [0.3, 0.4) is 0 Å². The summed E-state index contributed by atoms with van der Waals surface area (Å²) in [6.07, 6.45) is -11.6. The molecule has 1 radical (unpaired) electrons. The van der Waals surface area contributed by atoms with Gasteiger partial charge in [0, 0.05) is 18.9 Å². The fraction of sp³-hybridized carbons (Fsp3) is 0. The van der Waals surface area contributed by atoms with Gasteiger partial charge in [0.2, 0.25) is 0 Å². The van der Waals surface area contributed by atoms with Crippen LogP contribution >= 0.6 is 0 Å². The third kappa shape index (κ3) is 58.6. The molecule has 0 aromatic rings. The fourth-order valence-electron chi connectivity index (χ4n) is 0. The van der Waals surface area contributed by atoms with Crippen molar-refractivity contribution in [1.82, 2.24) is 0 Å². The maximum absolute atomic E-state index is 10.3. The van der Waals surface area contributed by atoms with Crippen molar-refractivity contribution in [2.45, 2.75) is 0 Å². The van der Waals surface area contributed by atoms with Crippen LogP contribution in [0, 0.1) is 0 Å². The van der Waals surface area contributed by atoms with Crippen molar-refractivity contribution in [1.29, 1.82) is 0 Å². The molecule has 0 N–H and O–H groups in total. The van der Waals surface area contributed by atoms with Crippen LogP contribution in [0.5, 0.6) is 0 Å². The first kappa shape index (κ1) is 26.0. The summed E-state index contributed by atoms with van der Waals surface area (Å²) in [6.45, 7) is 0. The Hall–Kier alpha value is -0.673. The van der Waals surface area contributed by atoms with E-state index in [1.807, 2.05) is 0 Å². The first-order chi connectivity index (χ1) is 7.29. The smallest absolute Gasteiger partial charge is 0.167 e. The Balaban J connectivity index is -0.0000000799. The average molecular weight is 309 g/mol. The normalized spacial score (nSPS) is 8.56. The molecule has 0 unspecified atom stereocenters. The first-order valence-electron chi connectivity index (χ1n) is 2.65. The van der Waals surface area contributed by atoms with Gasteiger partial charge in [0.25, 0.3) is 0 Å². The maximum Gasteiger partial charge on any atom is 0.476 e. The number of halogens is 10. The Morgan fingerprint density at radius 3 is 0.611 bits per heavy atom. The Kier molecular flexibility index (Phi) is 18.5. The van der Waals surface area contributed by atoms with Crippen LogP contribution in [0.4, 0.5) is 42.9 Å². The quantitative estimate of drug-likeness (QED) is 0.388. The summed E-state index contributed by atoms with van der Waals surface area (Å²) in [5, 5.41) is 0. The Morgan fingerprint density at radius 2 is 0.611 bits per heavy atom. The molecule has 105 valence electrons. The van der Waals surface area contributed by atoms with Crippen LogP contribution in [-0.4, -0.2) is 27.3 Å². The number of hydrogen-bond donors (Lipinski definition) is 0. The zero-order valence-electron chi connectivity index (χ0n) is 8.00. The van der Waals surface area contributed by atoms with E-state index in [1.165, 1.54) is 0 Å². The molecule has 0 amide bonds. The standard InChI is InChI=1S/2C2F4.F2O2S.Li/c2*3-1(4)2(5)6;1-5(2,3)4;. The monoisotopic (exact) mass is 309 g/mol. The van der Waals surface area contributed by atoms with Gasteiger partial charge in [-0.1, -0.05) is 7.77 Å². The summed E-state index contributed by atoms with van der Waals surface area (Å²) in [7, 11) is -5.67. The molecule has 0 bridgehead atoms. The second-order valence-corrected chi connectivity index (χ2v) is 2.18. The van der Waals surface area contributed by atoms with Gasteiger partial charge in [-0.15, -0.1) is 0 Å². The first-order valence-corrected chi connectivity index (χ1v) is 3.94. The van der Waals surface area contributed by atoms with Gasteiger partial charge in [-0.2, -0.15) is 43.5 Å².